The van der Waals surface area contributed by atoms with Crippen LogP contribution in [0.4, 0.5) is 0 Å². The van der Waals surface area contributed by atoms with Gasteiger partial charge in [-0.2, -0.15) is 0 Å². The molecule has 2 rings (SSSR count). The summed E-state index contributed by atoms with van der Waals surface area (Å²) in [6, 6.07) is 15.8. The second kappa shape index (κ2) is 6.00. The van der Waals surface area contributed by atoms with E-state index in [4.69, 9.17) is 15.9 Å². The predicted molar refractivity (Wildman–Crippen MR) is 86.9 cm³/mol. The topological polar surface area (TPSA) is 59.1 Å². The molecule has 3 heteroatoms. The number of ether oxygens (including phenoxy) is 1. The molecule has 0 unspecified atom stereocenters. The Morgan fingerprint density at radius 2 is 1.67 bits per heavy atom. The molecular formula is C18H22N2O. The highest BCUT2D eigenvalue weighted by atomic mass is 16.5. The lowest BCUT2D eigenvalue weighted by atomic mass is 9.87. The number of hydrogen-bond donors (Lipinski definition) is 2. The summed E-state index contributed by atoms with van der Waals surface area (Å²) in [7, 11) is 0. The molecule has 3 N–H and O–H groups in total. The molecule has 0 aliphatic carbocycles. The van der Waals surface area contributed by atoms with E-state index in [1.165, 1.54) is 5.56 Å². The number of rotatable bonds is 4. The lowest BCUT2D eigenvalue weighted by Crippen LogP contribution is -2.13. The van der Waals surface area contributed by atoms with Crippen LogP contribution >= 0.6 is 0 Å². The summed E-state index contributed by atoms with van der Waals surface area (Å²) < 4.78 is 5.79. The van der Waals surface area contributed by atoms with Crippen molar-refractivity contribution >= 4 is 5.84 Å². The van der Waals surface area contributed by atoms with E-state index in [0.29, 0.717) is 17.9 Å². The molecule has 0 saturated carbocycles. The van der Waals surface area contributed by atoms with Gasteiger partial charge in [-0.1, -0.05) is 57.2 Å². The zero-order valence-electron chi connectivity index (χ0n) is 12.8. The second-order valence-electron chi connectivity index (χ2n) is 6.15. The number of amidine groups is 1. The van der Waals surface area contributed by atoms with E-state index >= 15 is 0 Å². The van der Waals surface area contributed by atoms with Crippen LogP contribution in [0.3, 0.4) is 0 Å². The van der Waals surface area contributed by atoms with E-state index in [2.05, 4.69) is 45.0 Å². The average molecular weight is 282 g/mol. The molecule has 0 saturated heterocycles. The molecule has 0 amide bonds. The molecule has 21 heavy (non-hydrogen) atoms. The fourth-order valence-electron chi connectivity index (χ4n) is 2.08. The maximum absolute atomic E-state index is 7.55. The van der Waals surface area contributed by atoms with Gasteiger partial charge in [0.1, 0.15) is 18.2 Å². The summed E-state index contributed by atoms with van der Waals surface area (Å²) in [5.41, 5.74) is 8.74. The van der Waals surface area contributed by atoms with Gasteiger partial charge in [0.2, 0.25) is 0 Å². The highest BCUT2D eigenvalue weighted by molar-refractivity contribution is 5.97. The average Bonchev–Trinajstić information content (AvgIpc) is 2.45. The summed E-state index contributed by atoms with van der Waals surface area (Å²) in [6.07, 6.45) is 0. The van der Waals surface area contributed by atoms with Crippen LogP contribution in [-0.2, 0) is 12.0 Å². The molecular weight excluding hydrogens is 260 g/mol. The molecule has 0 heterocycles. The van der Waals surface area contributed by atoms with Crippen LogP contribution in [-0.4, -0.2) is 5.84 Å². The van der Waals surface area contributed by atoms with Gasteiger partial charge in [-0.15, -0.1) is 0 Å². The summed E-state index contributed by atoms with van der Waals surface area (Å²) >= 11 is 0. The predicted octanol–water partition coefficient (Wildman–Crippen LogP) is 3.85. The number of nitrogens with two attached hydrogens (primary N) is 1. The van der Waals surface area contributed by atoms with Crippen molar-refractivity contribution in [3.63, 3.8) is 0 Å². The Morgan fingerprint density at radius 1 is 1.05 bits per heavy atom. The van der Waals surface area contributed by atoms with Crippen LogP contribution < -0.4 is 10.5 Å². The fraction of sp³-hybridized carbons (Fsp3) is 0.278. The Bertz CT molecular complexity index is 624. The van der Waals surface area contributed by atoms with E-state index in [0.717, 1.165) is 5.56 Å². The van der Waals surface area contributed by atoms with Crippen LogP contribution in [0.5, 0.6) is 5.75 Å². The third-order valence-corrected chi connectivity index (χ3v) is 3.39. The molecule has 0 fully saturated rings. The largest absolute Gasteiger partial charge is 0.488 e. The Hall–Kier alpha value is -2.29. The van der Waals surface area contributed by atoms with Gasteiger partial charge in [-0.05, 0) is 28.7 Å². The third kappa shape index (κ3) is 3.85. The molecule has 0 aliphatic rings. The Labute approximate surface area is 126 Å². The van der Waals surface area contributed by atoms with Crippen molar-refractivity contribution in [2.24, 2.45) is 5.73 Å². The summed E-state index contributed by atoms with van der Waals surface area (Å²) in [6.45, 7) is 7.06. The molecule has 0 aliphatic heterocycles. The lowest BCUT2D eigenvalue weighted by molar-refractivity contribution is 0.305. The molecule has 0 bridgehead atoms. The highest BCUT2D eigenvalue weighted by Crippen LogP contribution is 2.23. The van der Waals surface area contributed by atoms with Crippen molar-refractivity contribution in [3.05, 3.63) is 65.2 Å². The van der Waals surface area contributed by atoms with Crippen LogP contribution in [0.15, 0.2) is 48.5 Å². The molecule has 0 radical (unpaired) electrons. The van der Waals surface area contributed by atoms with Crippen molar-refractivity contribution in [1.29, 1.82) is 5.41 Å². The van der Waals surface area contributed by atoms with Gasteiger partial charge in [-0.25, -0.2) is 0 Å². The molecule has 3 nitrogen and oxygen atoms in total. The van der Waals surface area contributed by atoms with Gasteiger partial charge in [-0.3, -0.25) is 5.41 Å². The van der Waals surface area contributed by atoms with E-state index < -0.39 is 0 Å². The first kappa shape index (κ1) is 15.1. The quantitative estimate of drug-likeness (QED) is 0.661. The molecule has 110 valence electrons. The van der Waals surface area contributed by atoms with Crippen molar-refractivity contribution in [2.45, 2.75) is 32.8 Å². The second-order valence-corrected chi connectivity index (χ2v) is 6.15. The third-order valence-electron chi connectivity index (χ3n) is 3.39. The van der Waals surface area contributed by atoms with E-state index in [-0.39, 0.29) is 11.3 Å². The Kier molecular flexibility index (Phi) is 4.32. The minimum absolute atomic E-state index is 0.0219. The fourth-order valence-corrected chi connectivity index (χ4v) is 2.08. The zero-order chi connectivity index (χ0) is 15.5. The smallest absolute Gasteiger partial charge is 0.130 e. The normalized spacial score (nSPS) is 11.2. The van der Waals surface area contributed by atoms with Crippen molar-refractivity contribution in [1.82, 2.24) is 0 Å². The molecule has 0 atom stereocenters. The Balaban J connectivity index is 2.09. The first-order chi connectivity index (χ1) is 9.88. The van der Waals surface area contributed by atoms with Gasteiger partial charge in [0.05, 0.1) is 5.56 Å². The number of nitrogens with one attached hydrogen (secondary N) is 1. The van der Waals surface area contributed by atoms with Crippen LogP contribution in [0.2, 0.25) is 0 Å². The molecule has 2 aromatic carbocycles. The zero-order valence-corrected chi connectivity index (χ0v) is 12.8. The van der Waals surface area contributed by atoms with E-state index in [9.17, 15) is 0 Å². The van der Waals surface area contributed by atoms with Crippen LogP contribution in [0, 0.1) is 5.41 Å². The first-order valence-corrected chi connectivity index (χ1v) is 7.03. The lowest BCUT2D eigenvalue weighted by Gasteiger charge is -2.19. The summed E-state index contributed by atoms with van der Waals surface area (Å²) in [5, 5.41) is 7.55. The standard InChI is InChI=1S/C18H22N2O/c1-18(2,3)14-10-8-13(9-11-14)12-21-16-7-5-4-6-15(16)17(19)20/h4-11H,12H2,1-3H3,(H3,19,20). The first-order valence-electron chi connectivity index (χ1n) is 7.03. The van der Waals surface area contributed by atoms with Gasteiger partial charge in [0.25, 0.3) is 0 Å². The number of nitrogen functional groups attached to an aromatic ring is 1. The minimum atomic E-state index is 0.0219. The van der Waals surface area contributed by atoms with E-state index in [1.807, 2.05) is 18.2 Å². The van der Waals surface area contributed by atoms with Crippen molar-refractivity contribution < 1.29 is 4.74 Å². The van der Waals surface area contributed by atoms with Gasteiger partial charge >= 0.3 is 0 Å². The van der Waals surface area contributed by atoms with Crippen LogP contribution in [0.1, 0.15) is 37.5 Å². The minimum Gasteiger partial charge on any atom is -0.488 e. The highest BCUT2D eigenvalue weighted by Gasteiger charge is 2.13. The van der Waals surface area contributed by atoms with Gasteiger partial charge < -0.3 is 10.5 Å². The van der Waals surface area contributed by atoms with Crippen molar-refractivity contribution in [2.75, 3.05) is 0 Å². The van der Waals surface area contributed by atoms with Gasteiger partial charge in [0, 0.05) is 0 Å². The number of hydrogen-bond acceptors (Lipinski definition) is 2. The molecule has 0 spiro atoms. The number of para-hydroxylation sites is 1. The maximum Gasteiger partial charge on any atom is 0.130 e. The monoisotopic (exact) mass is 282 g/mol. The molecule has 0 aromatic heterocycles. The maximum atomic E-state index is 7.55. The van der Waals surface area contributed by atoms with Crippen LogP contribution in [0.25, 0.3) is 0 Å². The van der Waals surface area contributed by atoms with E-state index in [1.54, 1.807) is 6.07 Å². The Morgan fingerprint density at radius 3 is 2.24 bits per heavy atom. The van der Waals surface area contributed by atoms with Gasteiger partial charge in [0.15, 0.2) is 0 Å². The SMILES string of the molecule is CC(C)(C)c1ccc(COc2ccccc2C(=N)N)cc1. The summed E-state index contributed by atoms with van der Waals surface area (Å²) in [4.78, 5) is 0. The summed E-state index contributed by atoms with van der Waals surface area (Å²) in [5.74, 6) is 0.665. The number of benzene rings is 2. The molecule has 2 aromatic rings. The van der Waals surface area contributed by atoms with Crippen molar-refractivity contribution in [3.8, 4) is 5.75 Å².